The van der Waals surface area contributed by atoms with Gasteiger partial charge in [0, 0.05) is 9.50 Å². The van der Waals surface area contributed by atoms with E-state index in [0.29, 0.717) is 20.2 Å². The van der Waals surface area contributed by atoms with Crippen LogP contribution in [0.15, 0.2) is 40.9 Å². The monoisotopic (exact) mass is 359 g/mol. The fourth-order valence-electron chi connectivity index (χ4n) is 1.47. The van der Waals surface area contributed by atoms with Gasteiger partial charge in [0.05, 0.1) is 16.3 Å². The first-order chi connectivity index (χ1) is 8.97. The van der Waals surface area contributed by atoms with Crippen LogP contribution in [0.2, 0.25) is 10.0 Å². The van der Waals surface area contributed by atoms with E-state index < -0.39 is 5.91 Å². The number of phenolic OH excluding ortho intramolecular Hbond substituents is 1. The third-order valence-corrected chi connectivity index (χ3v) is 3.42. The molecule has 0 aliphatic carbocycles. The number of aromatic hydroxyl groups is 1. The van der Waals surface area contributed by atoms with Gasteiger partial charge in [0.2, 0.25) is 0 Å². The molecule has 3 nitrogen and oxygen atoms in total. The molecule has 0 spiro atoms. The van der Waals surface area contributed by atoms with Crippen LogP contribution in [0.4, 0.5) is 5.69 Å². The van der Waals surface area contributed by atoms with E-state index in [0.717, 1.165) is 0 Å². The fourth-order valence-corrected chi connectivity index (χ4v) is 2.29. The summed E-state index contributed by atoms with van der Waals surface area (Å²) < 4.78 is 0.692. The summed E-state index contributed by atoms with van der Waals surface area (Å²) in [5.74, 6) is -0.561. The predicted molar refractivity (Wildman–Crippen MR) is 80.2 cm³/mol. The van der Waals surface area contributed by atoms with Crippen molar-refractivity contribution in [2.24, 2.45) is 0 Å². The number of rotatable bonds is 2. The van der Waals surface area contributed by atoms with Crippen LogP contribution >= 0.6 is 39.1 Å². The number of anilines is 1. The van der Waals surface area contributed by atoms with Gasteiger partial charge >= 0.3 is 0 Å². The quantitative estimate of drug-likeness (QED) is 0.814. The molecular weight excluding hydrogens is 353 g/mol. The van der Waals surface area contributed by atoms with Crippen molar-refractivity contribution in [1.29, 1.82) is 0 Å². The minimum absolute atomic E-state index is 0.106. The number of carbonyl (C=O) groups excluding carboxylic acids is 1. The van der Waals surface area contributed by atoms with Crippen LogP contribution in [0.5, 0.6) is 5.75 Å². The lowest BCUT2D eigenvalue weighted by molar-refractivity contribution is 0.102. The Morgan fingerprint density at radius 3 is 2.58 bits per heavy atom. The van der Waals surface area contributed by atoms with E-state index in [-0.39, 0.29) is 11.3 Å². The second-order valence-electron chi connectivity index (χ2n) is 3.74. The molecule has 6 heteroatoms. The second kappa shape index (κ2) is 5.82. The number of halogens is 3. The summed E-state index contributed by atoms with van der Waals surface area (Å²) in [4.78, 5) is 12.0. The van der Waals surface area contributed by atoms with Gasteiger partial charge in [-0.1, -0.05) is 39.1 Å². The highest BCUT2D eigenvalue weighted by Gasteiger charge is 2.13. The smallest absolute Gasteiger partial charge is 0.259 e. The lowest BCUT2D eigenvalue weighted by Crippen LogP contribution is -2.12. The Bertz CT molecular complexity index is 647. The highest BCUT2D eigenvalue weighted by atomic mass is 79.9. The van der Waals surface area contributed by atoms with Crippen LogP contribution in [0.1, 0.15) is 10.4 Å². The van der Waals surface area contributed by atoms with E-state index in [1.807, 2.05) is 0 Å². The van der Waals surface area contributed by atoms with Gasteiger partial charge < -0.3 is 10.4 Å². The highest BCUT2D eigenvalue weighted by Crippen LogP contribution is 2.27. The normalized spacial score (nSPS) is 10.3. The van der Waals surface area contributed by atoms with Gasteiger partial charge in [-0.3, -0.25) is 4.79 Å². The van der Waals surface area contributed by atoms with Crippen molar-refractivity contribution in [1.82, 2.24) is 0 Å². The van der Waals surface area contributed by atoms with Gasteiger partial charge in [-0.15, -0.1) is 0 Å². The van der Waals surface area contributed by atoms with Gasteiger partial charge in [-0.25, -0.2) is 0 Å². The van der Waals surface area contributed by atoms with E-state index in [9.17, 15) is 9.90 Å². The Balaban J connectivity index is 2.28. The first kappa shape index (κ1) is 14.2. The number of phenols is 1. The number of hydrogen-bond donors (Lipinski definition) is 2. The van der Waals surface area contributed by atoms with Crippen molar-refractivity contribution in [2.75, 3.05) is 5.32 Å². The SMILES string of the molecule is O=C(Nc1ccc(Cl)cc1Cl)c1cc(Br)ccc1O. The number of hydrogen-bond acceptors (Lipinski definition) is 2. The van der Waals surface area contributed by atoms with Gasteiger partial charge in [-0.2, -0.15) is 0 Å². The summed E-state index contributed by atoms with van der Waals surface area (Å²) in [5, 5.41) is 13.1. The third kappa shape index (κ3) is 3.41. The maximum Gasteiger partial charge on any atom is 0.259 e. The summed E-state index contributed by atoms with van der Waals surface area (Å²) in [5.41, 5.74) is 0.579. The molecule has 98 valence electrons. The molecule has 2 aromatic carbocycles. The summed E-state index contributed by atoms with van der Waals surface area (Å²) in [6.45, 7) is 0. The Morgan fingerprint density at radius 1 is 1.16 bits per heavy atom. The molecule has 0 radical (unpaired) electrons. The molecule has 0 aliphatic heterocycles. The van der Waals surface area contributed by atoms with Crippen LogP contribution in [-0.2, 0) is 0 Å². The molecule has 0 saturated heterocycles. The Kier molecular flexibility index (Phi) is 4.34. The molecule has 0 bridgehead atoms. The molecular formula is C13H8BrCl2NO2. The first-order valence-electron chi connectivity index (χ1n) is 5.22. The zero-order chi connectivity index (χ0) is 14.0. The van der Waals surface area contributed by atoms with Crippen LogP contribution in [0.3, 0.4) is 0 Å². The highest BCUT2D eigenvalue weighted by molar-refractivity contribution is 9.10. The minimum atomic E-state index is -0.456. The van der Waals surface area contributed by atoms with E-state index in [1.165, 1.54) is 18.2 Å². The third-order valence-electron chi connectivity index (χ3n) is 2.38. The summed E-state index contributed by atoms with van der Waals surface area (Å²) in [6.07, 6.45) is 0. The number of amides is 1. The molecule has 2 N–H and O–H groups in total. The van der Waals surface area contributed by atoms with Crippen LogP contribution in [0.25, 0.3) is 0 Å². The molecule has 0 aliphatic rings. The standard InChI is InChI=1S/C13H8BrCl2NO2/c14-7-1-4-12(18)9(5-7)13(19)17-11-3-2-8(15)6-10(11)16/h1-6,18H,(H,17,19). The maximum absolute atomic E-state index is 12.0. The number of nitrogens with one attached hydrogen (secondary N) is 1. The average Bonchev–Trinajstić information content (AvgIpc) is 2.35. The van der Waals surface area contributed by atoms with Crippen molar-refractivity contribution < 1.29 is 9.90 Å². The predicted octanol–water partition coefficient (Wildman–Crippen LogP) is 4.71. The molecule has 0 unspecified atom stereocenters. The summed E-state index contributed by atoms with van der Waals surface area (Å²) >= 11 is 15.0. The van der Waals surface area contributed by atoms with E-state index in [2.05, 4.69) is 21.2 Å². The molecule has 19 heavy (non-hydrogen) atoms. The molecule has 0 fully saturated rings. The molecule has 0 heterocycles. The van der Waals surface area contributed by atoms with E-state index in [4.69, 9.17) is 23.2 Å². The van der Waals surface area contributed by atoms with Crippen molar-refractivity contribution in [3.05, 3.63) is 56.5 Å². The number of benzene rings is 2. The first-order valence-corrected chi connectivity index (χ1v) is 6.77. The van der Waals surface area contributed by atoms with Crippen molar-refractivity contribution in [3.63, 3.8) is 0 Å². The number of carbonyl (C=O) groups is 1. The molecule has 2 aromatic rings. The van der Waals surface area contributed by atoms with Gasteiger partial charge in [0.15, 0.2) is 0 Å². The van der Waals surface area contributed by atoms with Crippen molar-refractivity contribution in [3.8, 4) is 5.75 Å². The minimum Gasteiger partial charge on any atom is -0.507 e. The maximum atomic E-state index is 12.0. The molecule has 1 amide bonds. The second-order valence-corrected chi connectivity index (χ2v) is 5.50. The Hall–Kier alpha value is -1.23. The zero-order valence-electron chi connectivity index (χ0n) is 9.45. The summed E-state index contributed by atoms with van der Waals surface area (Å²) in [6, 6.07) is 9.33. The lowest BCUT2D eigenvalue weighted by Gasteiger charge is -2.09. The van der Waals surface area contributed by atoms with Crippen molar-refractivity contribution in [2.45, 2.75) is 0 Å². The van der Waals surface area contributed by atoms with Gasteiger partial charge in [-0.05, 0) is 36.4 Å². The Labute approximate surface area is 128 Å². The van der Waals surface area contributed by atoms with Gasteiger partial charge in [0.1, 0.15) is 5.75 Å². The van der Waals surface area contributed by atoms with Crippen LogP contribution in [-0.4, -0.2) is 11.0 Å². The van der Waals surface area contributed by atoms with E-state index >= 15 is 0 Å². The topological polar surface area (TPSA) is 49.3 Å². The average molecular weight is 361 g/mol. The van der Waals surface area contributed by atoms with Gasteiger partial charge in [0.25, 0.3) is 5.91 Å². The van der Waals surface area contributed by atoms with E-state index in [1.54, 1.807) is 18.2 Å². The summed E-state index contributed by atoms with van der Waals surface area (Å²) in [7, 11) is 0. The largest absolute Gasteiger partial charge is 0.507 e. The van der Waals surface area contributed by atoms with Crippen LogP contribution in [0, 0.1) is 0 Å². The molecule has 0 atom stereocenters. The molecule has 0 saturated carbocycles. The Morgan fingerprint density at radius 2 is 1.89 bits per heavy atom. The van der Waals surface area contributed by atoms with Crippen molar-refractivity contribution >= 4 is 50.7 Å². The zero-order valence-corrected chi connectivity index (χ0v) is 12.6. The fraction of sp³-hybridized carbons (Fsp3) is 0. The lowest BCUT2D eigenvalue weighted by atomic mass is 10.2. The molecule has 0 aromatic heterocycles. The molecule has 2 rings (SSSR count). The van der Waals surface area contributed by atoms with Crippen LogP contribution < -0.4 is 5.32 Å².